The minimum absolute atomic E-state index is 0.0506. The molecule has 0 radical (unpaired) electrons. The molecule has 1 heterocycles. The zero-order valence-corrected chi connectivity index (χ0v) is 13.5. The van der Waals surface area contributed by atoms with Gasteiger partial charge in [0.15, 0.2) is 0 Å². The number of nitro benzene ring substituents is 1. The molecule has 0 saturated heterocycles. The molecule has 0 spiro atoms. The van der Waals surface area contributed by atoms with Gasteiger partial charge in [0.25, 0.3) is 5.69 Å². The van der Waals surface area contributed by atoms with Gasteiger partial charge in [-0.15, -0.1) is 0 Å². The maximum absolute atomic E-state index is 11.9. The lowest BCUT2D eigenvalue weighted by Crippen LogP contribution is -2.04. The van der Waals surface area contributed by atoms with Crippen LogP contribution >= 0.6 is 0 Å². The molecule has 3 aromatic carbocycles. The summed E-state index contributed by atoms with van der Waals surface area (Å²) in [4.78, 5) is 22.3. The van der Waals surface area contributed by atoms with Crippen LogP contribution < -0.4 is 10.4 Å². The molecular weight excluding hydrogens is 334 g/mol. The standard InChI is InChI=1S/C20H13NO5/c22-19-10-14(12-25-16-6-3-5-15(11-16)21(23)24)20-17-7-2-1-4-13(17)8-9-18(20)26-19/h1-11H,12H2. The van der Waals surface area contributed by atoms with Gasteiger partial charge in [-0.25, -0.2) is 4.79 Å². The summed E-state index contributed by atoms with van der Waals surface area (Å²) in [6.45, 7) is 0.0945. The van der Waals surface area contributed by atoms with Gasteiger partial charge in [0, 0.05) is 23.1 Å². The molecule has 0 aliphatic carbocycles. The summed E-state index contributed by atoms with van der Waals surface area (Å²) in [5.41, 5.74) is 0.629. The lowest BCUT2D eigenvalue weighted by molar-refractivity contribution is -0.384. The third kappa shape index (κ3) is 2.88. The van der Waals surface area contributed by atoms with Crippen molar-refractivity contribution in [3.63, 3.8) is 0 Å². The normalized spacial score (nSPS) is 10.9. The summed E-state index contributed by atoms with van der Waals surface area (Å²) in [5, 5.41) is 13.7. The van der Waals surface area contributed by atoms with Gasteiger partial charge in [0.05, 0.1) is 11.0 Å². The average Bonchev–Trinajstić information content (AvgIpc) is 2.65. The molecule has 0 unspecified atom stereocenters. The predicted octanol–water partition coefficient (Wildman–Crippen LogP) is 4.43. The zero-order valence-electron chi connectivity index (χ0n) is 13.5. The highest BCUT2D eigenvalue weighted by molar-refractivity contribution is 6.06. The smallest absolute Gasteiger partial charge is 0.336 e. The molecule has 4 rings (SSSR count). The lowest BCUT2D eigenvalue weighted by Gasteiger charge is -2.10. The number of rotatable bonds is 4. The first-order valence-electron chi connectivity index (χ1n) is 7.93. The van der Waals surface area contributed by atoms with Gasteiger partial charge in [-0.05, 0) is 22.9 Å². The quantitative estimate of drug-likeness (QED) is 0.236. The van der Waals surface area contributed by atoms with Crippen LogP contribution in [0.15, 0.2) is 75.9 Å². The van der Waals surface area contributed by atoms with Crippen LogP contribution in [0.5, 0.6) is 5.75 Å². The minimum atomic E-state index is -0.479. The second-order valence-corrected chi connectivity index (χ2v) is 5.79. The van der Waals surface area contributed by atoms with Gasteiger partial charge < -0.3 is 9.15 Å². The molecule has 1 aromatic heterocycles. The van der Waals surface area contributed by atoms with Gasteiger partial charge in [-0.3, -0.25) is 10.1 Å². The second-order valence-electron chi connectivity index (χ2n) is 5.79. The highest BCUT2D eigenvalue weighted by Gasteiger charge is 2.11. The van der Waals surface area contributed by atoms with Crippen LogP contribution in [0.4, 0.5) is 5.69 Å². The zero-order chi connectivity index (χ0) is 18.1. The number of ether oxygens (including phenoxy) is 1. The largest absolute Gasteiger partial charge is 0.489 e. The summed E-state index contributed by atoms with van der Waals surface area (Å²) in [6.07, 6.45) is 0. The van der Waals surface area contributed by atoms with Gasteiger partial charge >= 0.3 is 5.63 Å². The monoisotopic (exact) mass is 347 g/mol. The van der Waals surface area contributed by atoms with Crippen LogP contribution in [0.2, 0.25) is 0 Å². The Labute approximate surface area is 147 Å². The number of benzene rings is 3. The van der Waals surface area contributed by atoms with Gasteiger partial charge in [0.1, 0.15) is 17.9 Å². The molecule has 128 valence electrons. The first-order chi connectivity index (χ1) is 12.6. The van der Waals surface area contributed by atoms with Crippen molar-refractivity contribution in [1.29, 1.82) is 0 Å². The maximum Gasteiger partial charge on any atom is 0.336 e. The lowest BCUT2D eigenvalue weighted by atomic mass is 10.0. The van der Waals surface area contributed by atoms with Gasteiger partial charge in [0.2, 0.25) is 0 Å². The summed E-state index contributed by atoms with van der Waals surface area (Å²) in [5.74, 6) is 0.362. The Bertz CT molecular complexity index is 1200. The van der Waals surface area contributed by atoms with E-state index in [-0.39, 0.29) is 12.3 Å². The van der Waals surface area contributed by atoms with E-state index in [2.05, 4.69) is 0 Å². The number of non-ortho nitro benzene ring substituents is 1. The van der Waals surface area contributed by atoms with E-state index in [0.717, 1.165) is 16.2 Å². The molecule has 4 aromatic rings. The molecule has 0 bridgehead atoms. The first kappa shape index (κ1) is 15.8. The van der Waals surface area contributed by atoms with Crippen LogP contribution in [0.1, 0.15) is 5.56 Å². The molecule has 0 aliphatic heterocycles. The van der Waals surface area contributed by atoms with Crippen molar-refractivity contribution >= 4 is 27.4 Å². The van der Waals surface area contributed by atoms with E-state index in [1.54, 1.807) is 18.2 Å². The average molecular weight is 347 g/mol. The molecule has 0 saturated carbocycles. The van der Waals surface area contributed by atoms with Gasteiger partial charge in [-0.2, -0.15) is 0 Å². The molecule has 26 heavy (non-hydrogen) atoms. The number of hydrogen-bond donors (Lipinski definition) is 0. The van der Waals surface area contributed by atoms with Crippen molar-refractivity contribution < 1.29 is 14.1 Å². The Morgan fingerprint density at radius 2 is 1.85 bits per heavy atom. The van der Waals surface area contributed by atoms with Crippen molar-refractivity contribution in [2.24, 2.45) is 0 Å². The van der Waals surface area contributed by atoms with E-state index in [1.165, 1.54) is 18.2 Å². The molecular formula is C20H13NO5. The Balaban J connectivity index is 1.78. The Morgan fingerprint density at radius 1 is 1.00 bits per heavy atom. The SMILES string of the molecule is O=c1cc(COc2cccc([N+](=O)[O-])c2)c2c(ccc3ccccc32)o1. The van der Waals surface area contributed by atoms with Crippen molar-refractivity contribution in [2.45, 2.75) is 6.61 Å². The third-order valence-electron chi connectivity index (χ3n) is 4.14. The summed E-state index contributed by atoms with van der Waals surface area (Å²) in [6, 6.07) is 18.8. The van der Waals surface area contributed by atoms with Crippen LogP contribution in [0.3, 0.4) is 0 Å². The number of fused-ring (bicyclic) bond motifs is 3. The summed E-state index contributed by atoms with van der Waals surface area (Å²) >= 11 is 0. The third-order valence-corrected chi connectivity index (χ3v) is 4.14. The molecule has 0 N–H and O–H groups in total. The minimum Gasteiger partial charge on any atom is -0.489 e. The van der Waals surface area contributed by atoms with E-state index in [0.29, 0.717) is 16.9 Å². The predicted molar refractivity (Wildman–Crippen MR) is 97.4 cm³/mol. The van der Waals surface area contributed by atoms with Crippen molar-refractivity contribution in [1.82, 2.24) is 0 Å². The Kier molecular flexibility index (Phi) is 3.85. The first-order valence-corrected chi connectivity index (χ1v) is 7.93. The van der Waals surface area contributed by atoms with Crippen molar-refractivity contribution in [3.05, 3.63) is 92.8 Å². The number of hydrogen-bond acceptors (Lipinski definition) is 5. The fourth-order valence-electron chi connectivity index (χ4n) is 2.98. The van der Waals surface area contributed by atoms with Crippen molar-refractivity contribution in [3.8, 4) is 5.75 Å². The van der Waals surface area contributed by atoms with Crippen LogP contribution in [0.25, 0.3) is 21.7 Å². The molecule has 0 aliphatic rings. The summed E-state index contributed by atoms with van der Waals surface area (Å²) < 4.78 is 11.0. The topological polar surface area (TPSA) is 82.6 Å². The number of nitrogens with zero attached hydrogens (tertiary/aromatic N) is 1. The molecule has 6 nitrogen and oxygen atoms in total. The van der Waals surface area contributed by atoms with Crippen molar-refractivity contribution in [2.75, 3.05) is 0 Å². The fourth-order valence-corrected chi connectivity index (χ4v) is 2.98. The fraction of sp³-hybridized carbons (Fsp3) is 0.0500. The molecule has 0 amide bonds. The van der Waals surface area contributed by atoms with E-state index < -0.39 is 10.5 Å². The van der Waals surface area contributed by atoms with E-state index >= 15 is 0 Å². The van der Waals surface area contributed by atoms with Crippen LogP contribution in [-0.2, 0) is 6.61 Å². The Hall–Kier alpha value is -3.67. The van der Waals surface area contributed by atoms with Gasteiger partial charge in [-0.1, -0.05) is 36.4 Å². The highest BCUT2D eigenvalue weighted by Crippen LogP contribution is 2.28. The summed E-state index contributed by atoms with van der Waals surface area (Å²) in [7, 11) is 0. The highest BCUT2D eigenvalue weighted by atomic mass is 16.6. The second kappa shape index (κ2) is 6.33. The van der Waals surface area contributed by atoms with E-state index in [4.69, 9.17) is 9.15 Å². The maximum atomic E-state index is 11.9. The molecule has 6 heteroatoms. The number of nitro groups is 1. The van der Waals surface area contributed by atoms with E-state index in [9.17, 15) is 14.9 Å². The van der Waals surface area contributed by atoms with Crippen LogP contribution in [-0.4, -0.2) is 4.92 Å². The van der Waals surface area contributed by atoms with E-state index in [1.807, 2.05) is 30.3 Å². The Morgan fingerprint density at radius 3 is 2.69 bits per heavy atom. The van der Waals surface area contributed by atoms with Crippen LogP contribution in [0, 0.1) is 10.1 Å². The molecule has 0 atom stereocenters. The molecule has 0 fully saturated rings.